The van der Waals surface area contributed by atoms with Crippen LogP contribution in [0.15, 0.2) is 48.5 Å². The second-order valence-corrected chi connectivity index (χ2v) is 6.72. The van der Waals surface area contributed by atoms with Crippen LogP contribution in [-0.4, -0.2) is 36.3 Å². The monoisotopic (exact) mass is 369 g/mol. The molecule has 2 N–H and O–H groups in total. The predicted octanol–water partition coefficient (Wildman–Crippen LogP) is 3.58. The topological polar surface area (TPSA) is 66.6 Å². The lowest BCUT2D eigenvalue weighted by Crippen LogP contribution is -2.45. The summed E-state index contributed by atoms with van der Waals surface area (Å²) in [5.41, 5.74) is 7.31. The highest BCUT2D eigenvalue weighted by atomic mass is 19.1. The van der Waals surface area contributed by atoms with Gasteiger partial charge in [-0.25, -0.2) is 9.18 Å². The SMILES string of the molecule is NCC(=O)c1ccc(CN(C(=O)N2CCCCC2)c2cccc(F)c2)cc1. The zero-order valence-electron chi connectivity index (χ0n) is 15.2. The number of carbonyl (C=O) groups excluding carboxylic acids is 2. The minimum Gasteiger partial charge on any atom is -0.324 e. The molecule has 0 atom stereocenters. The zero-order valence-corrected chi connectivity index (χ0v) is 15.2. The summed E-state index contributed by atoms with van der Waals surface area (Å²) < 4.78 is 13.8. The maximum atomic E-state index is 13.8. The number of ketones is 1. The average molecular weight is 369 g/mol. The van der Waals surface area contributed by atoms with E-state index in [0.29, 0.717) is 30.9 Å². The molecule has 142 valence electrons. The molecular weight excluding hydrogens is 345 g/mol. The lowest BCUT2D eigenvalue weighted by atomic mass is 10.1. The van der Waals surface area contributed by atoms with Crippen LogP contribution in [0, 0.1) is 5.82 Å². The Hall–Kier alpha value is -2.73. The Balaban J connectivity index is 1.85. The summed E-state index contributed by atoms with van der Waals surface area (Å²) in [6.45, 7) is 1.70. The number of hydrogen-bond donors (Lipinski definition) is 1. The number of rotatable bonds is 5. The van der Waals surface area contributed by atoms with E-state index >= 15 is 0 Å². The molecule has 27 heavy (non-hydrogen) atoms. The van der Waals surface area contributed by atoms with E-state index in [1.54, 1.807) is 41.3 Å². The quantitative estimate of drug-likeness (QED) is 0.819. The molecule has 1 aliphatic heterocycles. The highest BCUT2D eigenvalue weighted by molar-refractivity contribution is 5.97. The lowest BCUT2D eigenvalue weighted by molar-refractivity contribution is 0.100. The predicted molar refractivity (Wildman–Crippen MR) is 103 cm³/mol. The van der Waals surface area contributed by atoms with Gasteiger partial charge in [0.15, 0.2) is 5.78 Å². The highest BCUT2D eigenvalue weighted by Crippen LogP contribution is 2.22. The number of likely N-dealkylation sites (tertiary alicyclic amines) is 1. The average Bonchev–Trinajstić information content (AvgIpc) is 2.72. The van der Waals surface area contributed by atoms with Gasteiger partial charge in [0.1, 0.15) is 5.82 Å². The second kappa shape index (κ2) is 8.77. The molecule has 0 aromatic heterocycles. The van der Waals surface area contributed by atoms with Gasteiger partial charge in [0.05, 0.1) is 13.1 Å². The third kappa shape index (κ3) is 4.71. The molecule has 0 spiro atoms. The fraction of sp³-hybridized carbons (Fsp3) is 0.333. The Morgan fingerprint density at radius 3 is 2.37 bits per heavy atom. The first-order chi connectivity index (χ1) is 13.1. The number of nitrogens with zero attached hydrogens (tertiary/aromatic N) is 2. The van der Waals surface area contributed by atoms with Crippen molar-refractivity contribution >= 4 is 17.5 Å². The molecule has 3 rings (SSSR count). The fourth-order valence-corrected chi connectivity index (χ4v) is 3.27. The molecule has 1 saturated heterocycles. The van der Waals surface area contributed by atoms with Crippen molar-refractivity contribution in [2.45, 2.75) is 25.8 Å². The number of piperidine rings is 1. The molecule has 2 aromatic carbocycles. The largest absolute Gasteiger partial charge is 0.324 e. The number of carbonyl (C=O) groups is 2. The maximum Gasteiger partial charge on any atom is 0.324 e. The standard InChI is InChI=1S/C21H24FN3O2/c22-18-5-4-6-19(13-18)25(21(27)24-11-2-1-3-12-24)15-16-7-9-17(10-8-16)20(26)14-23/h4-10,13H,1-3,11-12,14-15,23H2. The van der Waals surface area contributed by atoms with Crippen molar-refractivity contribution in [2.24, 2.45) is 5.73 Å². The van der Waals surface area contributed by atoms with Gasteiger partial charge in [-0.1, -0.05) is 30.3 Å². The Morgan fingerprint density at radius 2 is 1.74 bits per heavy atom. The summed E-state index contributed by atoms with van der Waals surface area (Å²) in [5.74, 6) is -0.513. The summed E-state index contributed by atoms with van der Waals surface area (Å²) in [6, 6.07) is 13.0. The van der Waals surface area contributed by atoms with Gasteiger partial charge >= 0.3 is 6.03 Å². The van der Waals surface area contributed by atoms with Crippen molar-refractivity contribution in [3.05, 3.63) is 65.5 Å². The first-order valence-corrected chi connectivity index (χ1v) is 9.22. The summed E-state index contributed by atoms with van der Waals surface area (Å²) in [7, 11) is 0. The van der Waals surface area contributed by atoms with Crippen LogP contribution in [0.4, 0.5) is 14.9 Å². The molecule has 0 radical (unpaired) electrons. The Morgan fingerprint density at radius 1 is 1.04 bits per heavy atom. The molecule has 0 bridgehead atoms. The summed E-state index contributed by atoms with van der Waals surface area (Å²) >= 11 is 0. The van der Waals surface area contributed by atoms with E-state index < -0.39 is 0 Å². The van der Waals surface area contributed by atoms with Crippen molar-refractivity contribution in [1.82, 2.24) is 4.90 Å². The van der Waals surface area contributed by atoms with Crippen LogP contribution < -0.4 is 10.6 Å². The summed E-state index contributed by atoms with van der Waals surface area (Å²) in [5, 5.41) is 0. The molecule has 0 unspecified atom stereocenters. The highest BCUT2D eigenvalue weighted by Gasteiger charge is 2.24. The molecule has 1 fully saturated rings. The number of Topliss-reactive ketones (excluding diaryl/α,β-unsaturated/α-hetero) is 1. The van der Waals surface area contributed by atoms with Crippen LogP contribution >= 0.6 is 0 Å². The van der Waals surface area contributed by atoms with Crippen LogP contribution in [0.3, 0.4) is 0 Å². The Bertz CT molecular complexity index is 801. The van der Waals surface area contributed by atoms with E-state index in [-0.39, 0.29) is 24.2 Å². The first kappa shape index (κ1) is 19.0. The minimum atomic E-state index is -0.382. The fourth-order valence-electron chi connectivity index (χ4n) is 3.27. The first-order valence-electron chi connectivity index (χ1n) is 9.22. The van der Waals surface area contributed by atoms with Crippen LogP contribution in [0.5, 0.6) is 0 Å². The number of urea groups is 1. The zero-order chi connectivity index (χ0) is 19.2. The van der Waals surface area contributed by atoms with E-state index in [1.807, 2.05) is 4.90 Å². The van der Waals surface area contributed by atoms with Crippen molar-refractivity contribution in [2.75, 3.05) is 24.5 Å². The van der Waals surface area contributed by atoms with Gasteiger partial charge in [-0.15, -0.1) is 0 Å². The van der Waals surface area contributed by atoms with Crippen molar-refractivity contribution in [1.29, 1.82) is 0 Å². The van der Waals surface area contributed by atoms with E-state index in [4.69, 9.17) is 5.73 Å². The van der Waals surface area contributed by atoms with E-state index in [9.17, 15) is 14.0 Å². The lowest BCUT2D eigenvalue weighted by Gasteiger charge is -2.33. The molecule has 2 aromatic rings. The van der Waals surface area contributed by atoms with Gasteiger partial charge in [-0.3, -0.25) is 9.69 Å². The van der Waals surface area contributed by atoms with Crippen molar-refractivity contribution in [3.63, 3.8) is 0 Å². The summed E-state index contributed by atoms with van der Waals surface area (Å²) in [4.78, 5) is 28.2. The van der Waals surface area contributed by atoms with Crippen LogP contribution in [0.25, 0.3) is 0 Å². The molecule has 0 saturated carbocycles. The number of hydrogen-bond acceptors (Lipinski definition) is 3. The molecule has 1 aliphatic rings. The van der Waals surface area contributed by atoms with Crippen LogP contribution in [-0.2, 0) is 6.54 Å². The molecular formula is C21H24FN3O2. The van der Waals surface area contributed by atoms with Crippen molar-refractivity contribution in [3.8, 4) is 0 Å². The maximum absolute atomic E-state index is 13.8. The number of benzene rings is 2. The van der Waals surface area contributed by atoms with E-state index in [1.165, 1.54) is 12.1 Å². The summed E-state index contributed by atoms with van der Waals surface area (Å²) in [6.07, 6.45) is 3.09. The number of amides is 2. The second-order valence-electron chi connectivity index (χ2n) is 6.72. The van der Waals surface area contributed by atoms with Crippen LogP contribution in [0.2, 0.25) is 0 Å². The van der Waals surface area contributed by atoms with E-state index in [2.05, 4.69) is 0 Å². The third-order valence-corrected chi connectivity index (χ3v) is 4.78. The van der Waals surface area contributed by atoms with Gasteiger partial charge in [0.2, 0.25) is 0 Å². The molecule has 0 aliphatic carbocycles. The Kier molecular flexibility index (Phi) is 6.19. The molecule has 6 heteroatoms. The number of halogens is 1. The van der Waals surface area contributed by atoms with Gasteiger partial charge in [-0.2, -0.15) is 0 Å². The number of nitrogens with two attached hydrogens (primary N) is 1. The molecule has 5 nitrogen and oxygen atoms in total. The third-order valence-electron chi connectivity index (χ3n) is 4.78. The normalized spacial score (nSPS) is 14.1. The minimum absolute atomic E-state index is 0.0395. The molecule has 1 heterocycles. The Labute approximate surface area is 158 Å². The van der Waals surface area contributed by atoms with Crippen LogP contribution in [0.1, 0.15) is 35.2 Å². The van der Waals surface area contributed by atoms with Gasteiger partial charge < -0.3 is 10.6 Å². The van der Waals surface area contributed by atoms with Gasteiger partial charge in [-0.05, 0) is 43.0 Å². The smallest absolute Gasteiger partial charge is 0.324 e. The molecule has 2 amide bonds. The van der Waals surface area contributed by atoms with E-state index in [0.717, 1.165) is 24.8 Å². The van der Waals surface area contributed by atoms with Gasteiger partial charge in [0.25, 0.3) is 0 Å². The van der Waals surface area contributed by atoms with Gasteiger partial charge in [0, 0.05) is 24.3 Å². The number of anilines is 1. The van der Waals surface area contributed by atoms with Crippen molar-refractivity contribution < 1.29 is 14.0 Å².